The minimum Gasteiger partial charge on any atom is -0.496 e. The Morgan fingerprint density at radius 2 is 1.92 bits per heavy atom. The van der Waals surface area contributed by atoms with Crippen molar-refractivity contribution in [2.75, 3.05) is 19.0 Å². The lowest BCUT2D eigenvalue weighted by Crippen LogP contribution is -2.30. The number of hydrogen-bond donors (Lipinski definition) is 2. The van der Waals surface area contributed by atoms with Crippen LogP contribution in [0.5, 0.6) is 5.75 Å². The summed E-state index contributed by atoms with van der Waals surface area (Å²) >= 11 is 5.61. The third kappa shape index (κ3) is 5.29. The van der Waals surface area contributed by atoms with Crippen molar-refractivity contribution < 1.29 is 22.7 Å². The highest BCUT2D eigenvalue weighted by molar-refractivity contribution is 6.30. The normalized spacial score (nSPS) is 11.1. The van der Waals surface area contributed by atoms with E-state index in [-0.39, 0.29) is 23.8 Å². The number of rotatable bonds is 6. The smallest absolute Gasteiger partial charge is 0.418 e. The molecule has 2 aromatic carbocycles. The van der Waals surface area contributed by atoms with Gasteiger partial charge in [0.05, 0.1) is 19.2 Å². The Bertz CT molecular complexity index is 751. The molecule has 8 heteroatoms. The third-order valence-electron chi connectivity index (χ3n) is 3.39. The Morgan fingerprint density at radius 3 is 2.60 bits per heavy atom. The van der Waals surface area contributed by atoms with E-state index in [1.807, 2.05) is 0 Å². The van der Waals surface area contributed by atoms with E-state index in [1.54, 1.807) is 24.3 Å². The summed E-state index contributed by atoms with van der Waals surface area (Å²) in [5.74, 6) is 0.168. The number of nitrogens with one attached hydrogen (secondary N) is 2. The maximum absolute atomic E-state index is 13.0. The van der Waals surface area contributed by atoms with E-state index in [1.165, 1.54) is 19.2 Å². The molecule has 4 nitrogen and oxygen atoms in total. The van der Waals surface area contributed by atoms with Crippen LogP contribution in [0.2, 0.25) is 5.02 Å². The molecule has 1 amide bonds. The van der Waals surface area contributed by atoms with Crippen molar-refractivity contribution in [3.63, 3.8) is 0 Å². The minimum atomic E-state index is -4.57. The molecule has 0 aliphatic carbocycles. The van der Waals surface area contributed by atoms with Gasteiger partial charge in [-0.15, -0.1) is 0 Å². The van der Waals surface area contributed by atoms with Gasteiger partial charge in [0.1, 0.15) is 5.75 Å². The zero-order chi connectivity index (χ0) is 18.4. The minimum absolute atomic E-state index is 0.0292. The zero-order valence-electron chi connectivity index (χ0n) is 13.3. The molecule has 0 aliphatic heterocycles. The SMILES string of the molecule is COc1ccccc1CNC(=O)CNc1ccc(Cl)cc1C(F)(F)F. The summed E-state index contributed by atoms with van der Waals surface area (Å²) in [6.45, 7) is -0.100. The number of hydrogen-bond acceptors (Lipinski definition) is 3. The molecule has 0 spiro atoms. The van der Waals surface area contributed by atoms with Crippen molar-refractivity contribution >= 4 is 23.2 Å². The van der Waals surface area contributed by atoms with E-state index >= 15 is 0 Å². The average Bonchev–Trinajstić information content (AvgIpc) is 2.58. The molecular formula is C17H16ClF3N2O2. The summed E-state index contributed by atoms with van der Waals surface area (Å²) in [6.07, 6.45) is -4.57. The number of alkyl halides is 3. The van der Waals surface area contributed by atoms with Crippen LogP contribution in [0.1, 0.15) is 11.1 Å². The van der Waals surface area contributed by atoms with Gasteiger partial charge in [-0.05, 0) is 24.3 Å². The molecule has 134 valence electrons. The number of amides is 1. The number of halogens is 4. The molecule has 0 aromatic heterocycles. The first-order valence-electron chi connectivity index (χ1n) is 7.30. The van der Waals surface area contributed by atoms with Gasteiger partial charge >= 0.3 is 6.18 Å². The molecule has 0 fully saturated rings. The van der Waals surface area contributed by atoms with Gasteiger partial charge in [0.25, 0.3) is 0 Å². The van der Waals surface area contributed by atoms with E-state index in [0.29, 0.717) is 5.75 Å². The predicted molar refractivity (Wildman–Crippen MR) is 89.8 cm³/mol. The number of anilines is 1. The second kappa shape index (κ2) is 8.11. The van der Waals surface area contributed by atoms with Crippen molar-refractivity contribution in [2.24, 2.45) is 0 Å². The van der Waals surface area contributed by atoms with Gasteiger partial charge in [-0.3, -0.25) is 4.79 Å². The number of ether oxygens (including phenoxy) is 1. The van der Waals surface area contributed by atoms with Gasteiger partial charge in [0, 0.05) is 22.8 Å². The van der Waals surface area contributed by atoms with Crippen molar-refractivity contribution in [1.29, 1.82) is 0 Å². The van der Waals surface area contributed by atoms with Crippen LogP contribution in [-0.4, -0.2) is 19.6 Å². The maximum atomic E-state index is 13.0. The average molecular weight is 373 g/mol. The fourth-order valence-electron chi connectivity index (χ4n) is 2.19. The Balaban J connectivity index is 1.97. The quantitative estimate of drug-likeness (QED) is 0.802. The number of carbonyl (C=O) groups excluding carboxylic acids is 1. The highest BCUT2D eigenvalue weighted by atomic mass is 35.5. The number of carbonyl (C=O) groups is 1. The number of para-hydroxylation sites is 1. The summed E-state index contributed by atoms with van der Waals surface area (Å²) in [7, 11) is 1.52. The van der Waals surface area contributed by atoms with E-state index in [0.717, 1.165) is 11.6 Å². The number of methoxy groups -OCH3 is 1. The molecule has 0 atom stereocenters. The van der Waals surface area contributed by atoms with Crippen molar-refractivity contribution in [3.05, 3.63) is 58.6 Å². The fraction of sp³-hybridized carbons (Fsp3) is 0.235. The first kappa shape index (κ1) is 18.9. The molecule has 0 radical (unpaired) electrons. The lowest BCUT2D eigenvalue weighted by Gasteiger charge is -2.15. The van der Waals surface area contributed by atoms with Crippen LogP contribution in [-0.2, 0) is 17.5 Å². The third-order valence-corrected chi connectivity index (χ3v) is 3.63. The lowest BCUT2D eigenvalue weighted by molar-refractivity contribution is -0.137. The Kier molecular flexibility index (Phi) is 6.14. The van der Waals surface area contributed by atoms with Gasteiger partial charge in [-0.2, -0.15) is 13.2 Å². The van der Waals surface area contributed by atoms with Crippen LogP contribution in [0.3, 0.4) is 0 Å². The van der Waals surface area contributed by atoms with Crippen LogP contribution < -0.4 is 15.4 Å². The van der Waals surface area contributed by atoms with Crippen LogP contribution >= 0.6 is 11.6 Å². The van der Waals surface area contributed by atoms with Crippen LogP contribution in [0.25, 0.3) is 0 Å². The van der Waals surface area contributed by atoms with Crippen molar-refractivity contribution in [2.45, 2.75) is 12.7 Å². The summed E-state index contributed by atoms with van der Waals surface area (Å²) in [5, 5.41) is 5.09. The van der Waals surface area contributed by atoms with Gasteiger partial charge in [-0.25, -0.2) is 0 Å². The molecule has 2 aromatic rings. The van der Waals surface area contributed by atoms with Crippen LogP contribution in [0.4, 0.5) is 18.9 Å². The van der Waals surface area contributed by atoms with Crippen LogP contribution in [0, 0.1) is 0 Å². The molecule has 0 bridgehead atoms. The van der Waals surface area contributed by atoms with Gasteiger partial charge in [0.2, 0.25) is 5.91 Å². The standard InChI is InChI=1S/C17H16ClF3N2O2/c1-25-15-5-3-2-4-11(15)9-23-16(24)10-22-14-7-6-12(18)8-13(14)17(19,20)21/h2-8,22H,9-10H2,1H3,(H,23,24). The van der Waals surface area contributed by atoms with Gasteiger partial charge in [-0.1, -0.05) is 29.8 Å². The van der Waals surface area contributed by atoms with Crippen molar-refractivity contribution in [1.82, 2.24) is 5.32 Å². The molecule has 0 unspecified atom stereocenters. The maximum Gasteiger partial charge on any atom is 0.418 e. The van der Waals surface area contributed by atoms with Crippen molar-refractivity contribution in [3.8, 4) is 5.75 Å². The second-order valence-corrected chi connectivity index (χ2v) is 5.57. The molecule has 0 aliphatic rings. The first-order chi connectivity index (χ1) is 11.8. The molecule has 0 saturated heterocycles. The predicted octanol–water partition coefficient (Wildman–Crippen LogP) is 4.10. The van der Waals surface area contributed by atoms with E-state index in [9.17, 15) is 18.0 Å². The Hall–Kier alpha value is -2.41. The summed E-state index contributed by atoms with van der Waals surface area (Å²) in [5.41, 5.74) is -0.359. The molecular weight excluding hydrogens is 357 g/mol. The number of benzene rings is 2. The summed E-state index contributed by atoms with van der Waals surface area (Å²) < 4.78 is 44.1. The highest BCUT2D eigenvalue weighted by Gasteiger charge is 2.33. The topological polar surface area (TPSA) is 50.4 Å². The Morgan fingerprint density at radius 1 is 1.20 bits per heavy atom. The lowest BCUT2D eigenvalue weighted by atomic mass is 10.1. The molecule has 2 N–H and O–H groups in total. The fourth-order valence-corrected chi connectivity index (χ4v) is 2.36. The first-order valence-corrected chi connectivity index (χ1v) is 7.68. The Labute approximate surface area is 147 Å². The van der Waals surface area contributed by atoms with Crippen LogP contribution in [0.15, 0.2) is 42.5 Å². The zero-order valence-corrected chi connectivity index (χ0v) is 14.0. The molecule has 2 rings (SSSR count). The van der Waals surface area contributed by atoms with E-state index in [2.05, 4.69) is 10.6 Å². The van der Waals surface area contributed by atoms with Gasteiger partial charge in [0.15, 0.2) is 0 Å². The highest BCUT2D eigenvalue weighted by Crippen LogP contribution is 2.36. The molecule has 25 heavy (non-hydrogen) atoms. The largest absolute Gasteiger partial charge is 0.496 e. The second-order valence-electron chi connectivity index (χ2n) is 5.13. The molecule has 0 heterocycles. The summed E-state index contributed by atoms with van der Waals surface area (Å²) in [4.78, 5) is 11.9. The van der Waals surface area contributed by atoms with E-state index in [4.69, 9.17) is 16.3 Å². The van der Waals surface area contributed by atoms with E-state index < -0.39 is 17.6 Å². The molecule has 0 saturated carbocycles. The van der Waals surface area contributed by atoms with Gasteiger partial charge < -0.3 is 15.4 Å². The summed E-state index contributed by atoms with van der Waals surface area (Å²) in [6, 6.07) is 10.5. The monoisotopic (exact) mass is 372 g/mol.